The van der Waals surface area contributed by atoms with E-state index >= 15 is 0 Å². The third-order valence-electron chi connectivity index (χ3n) is 2.96. The normalized spacial score (nSPS) is 10.1. The van der Waals surface area contributed by atoms with E-state index in [0.717, 1.165) is 27.8 Å². The van der Waals surface area contributed by atoms with Crippen molar-refractivity contribution in [1.29, 1.82) is 0 Å². The molecule has 0 aliphatic heterocycles. The molecule has 0 heterocycles. The van der Waals surface area contributed by atoms with Crippen LogP contribution in [0.15, 0.2) is 55.6 Å². The van der Waals surface area contributed by atoms with Crippen molar-refractivity contribution in [2.45, 2.75) is 5.88 Å². The molecule has 0 nitrogen and oxygen atoms in total. The molecule has 0 saturated carbocycles. The summed E-state index contributed by atoms with van der Waals surface area (Å²) in [5.41, 5.74) is 5.65. The molecule has 2 aromatic rings. The minimum absolute atomic E-state index is 0.515. The number of alkyl halides is 1. The highest BCUT2D eigenvalue weighted by Crippen LogP contribution is 2.30. The second kappa shape index (κ2) is 5.70. The predicted octanol–water partition coefficient (Wildman–Crippen LogP) is 5.38. The maximum absolute atomic E-state index is 5.91. The van der Waals surface area contributed by atoms with E-state index in [4.69, 9.17) is 11.6 Å². The zero-order valence-electron chi connectivity index (χ0n) is 10.2. The van der Waals surface area contributed by atoms with Crippen molar-refractivity contribution >= 4 is 23.8 Å². The molecule has 0 fully saturated rings. The Bertz CT molecular complexity index is 582. The van der Waals surface area contributed by atoms with Crippen LogP contribution in [-0.2, 0) is 5.88 Å². The van der Waals surface area contributed by atoms with E-state index in [0.29, 0.717) is 5.88 Å². The Morgan fingerprint density at radius 2 is 1.56 bits per heavy atom. The third kappa shape index (κ3) is 2.39. The van der Waals surface area contributed by atoms with Gasteiger partial charge in [0.05, 0.1) is 0 Å². The van der Waals surface area contributed by atoms with Crippen molar-refractivity contribution in [1.82, 2.24) is 0 Å². The van der Waals surface area contributed by atoms with Gasteiger partial charge in [-0.25, -0.2) is 0 Å². The van der Waals surface area contributed by atoms with Crippen LogP contribution in [0.1, 0.15) is 16.7 Å². The lowest BCUT2D eigenvalue weighted by molar-refractivity contribution is 1.39. The van der Waals surface area contributed by atoms with Gasteiger partial charge in [0, 0.05) is 5.88 Å². The standard InChI is InChI=1S/C17H15Cl/c1-3-14-7-5-6-8-16(14)17-11-13(12-18)9-10-15(17)4-2/h3-11H,1-2,12H2. The quantitative estimate of drug-likeness (QED) is 0.643. The van der Waals surface area contributed by atoms with E-state index in [1.165, 1.54) is 0 Å². The van der Waals surface area contributed by atoms with Gasteiger partial charge < -0.3 is 0 Å². The van der Waals surface area contributed by atoms with Crippen LogP contribution in [0.2, 0.25) is 0 Å². The van der Waals surface area contributed by atoms with Gasteiger partial charge in [-0.2, -0.15) is 0 Å². The second-order valence-corrected chi connectivity index (χ2v) is 4.32. The van der Waals surface area contributed by atoms with Crippen LogP contribution in [0.4, 0.5) is 0 Å². The fourth-order valence-electron chi connectivity index (χ4n) is 2.02. The molecule has 90 valence electrons. The maximum atomic E-state index is 5.91. The highest BCUT2D eigenvalue weighted by Gasteiger charge is 2.07. The topological polar surface area (TPSA) is 0 Å². The molecule has 2 rings (SSSR count). The van der Waals surface area contributed by atoms with Gasteiger partial charge >= 0.3 is 0 Å². The number of hydrogen-bond acceptors (Lipinski definition) is 0. The first-order chi connectivity index (χ1) is 8.80. The van der Waals surface area contributed by atoms with Crippen molar-refractivity contribution in [3.63, 3.8) is 0 Å². The first-order valence-corrected chi connectivity index (χ1v) is 6.36. The molecule has 0 aromatic heterocycles. The smallest absolute Gasteiger partial charge is 0.0474 e. The predicted molar refractivity (Wildman–Crippen MR) is 81.6 cm³/mol. The molecular weight excluding hydrogens is 240 g/mol. The second-order valence-electron chi connectivity index (χ2n) is 4.05. The fourth-order valence-corrected chi connectivity index (χ4v) is 2.18. The molecule has 0 atom stereocenters. The molecule has 2 aromatic carbocycles. The minimum atomic E-state index is 0.515. The lowest BCUT2D eigenvalue weighted by Gasteiger charge is -2.11. The van der Waals surface area contributed by atoms with Crippen molar-refractivity contribution in [2.24, 2.45) is 0 Å². The SMILES string of the molecule is C=Cc1ccccc1-c1cc(CCl)ccc1C=C. The van der Waals surface area contributed by atoms with Crippen molar-refractivity contribution < 1.29 is 0 Å². The molecule has 0 aliphatic rings. The van der Waals surface area contributed by atoms with Gasteiger partial charge in [0.25, 0.3) is 0 Å². The average Bonchev–Trinajstić information content (AvgIpc) is 2.46. The van der Waals surface area contributed by atoms with Gasteiger partial charge in [0.15, 0.2) is 0 Å². The lowest BCUT2D eigenvalue weighted by Crippen LogP contribution is -1.89. The largest absolute Gasteiger partial charge is 0.122 e. The Hall–Kier alpha value is -1.79. The molecule has 18 heavy (non-hydrogen) atoms. The number of benzene rings is 2. The summed E-state index contributed by atoms with van der Waals surface area (Å²) in [7, 11) is 0. The Morgan fingerprint density at radius 1 is 0.889 bits per heavy atom. The van der Waals surface area contributed by atoms with Crippen molar-refractivity contribution in [2.75, 3.05) is 0 Å². The molecule has 0 N–H and O–H groups in total. The van der Waals surface area contributed by atoms with Crippen LogP contribution in [-0.4, -0.2) is 0 Å². The summed E-state index contributed by atoms with van der Waals surface area (Å²) < 4.78 is 0. The van der Waals surface area contributed by atoms with E-state index in [1.54, 1.807) is 0 Å². The monoisotopic (exact) mass is 254 g/mol. The lowest BCUT2D eigenvalue weighted by atomic mass is 9.94. The summed E-state index contributed by atoms with van der Waals surface area (Å²) in [6.07, 6.45) is 3.74. The molecular formula is C17H15Cl. The number of halogens is 1. The summed E-state index contributed by atoms with van der Waals surface area (Å²) in [5.74, 6) is 0.515. The highest BCUT2D eigenvalue weighted by molar-refractivity contribution is 6.17. The van der Waals surface area contributed by atoms with Gasteiger partial charge in [0.1, 0.15) is 0 Å². The summed E-state index contributed by atoms with van der Waals surface area (Å²) in [4.78, 5) is 0. The van der Waals surface area contributed by atoms with Crippen LogP contribution in [0.5, 0.6) is 0 Å². The first kappa shape index (κ1) is 12.7. The Labute approximate surface area is 113 Å². The molecule has 0 saturated heterocycles. The van der Waals surface area contributed by atoms with Crippen LogP contribution < -0.4 is 0 Å². The highest BCUT2D eigenvalue weighted by atomic mass is 35.5. The van der Waals surface area contributed by atoms with Crippen molar-refractivity contribution in [3.05, 3.63) is 72.3 Å². The average molecular weight is 255 g/mol. The third-order valence-corrected chi connectivity index (χ3v) is 3.27. The van der Waals surface area contributed by atoms with E-state index in [9.17, 15) is 0 Å². The summed E-state index contributed by atoms with van der Waals surface area (Å²) in [6, 6.07) is 14.4. The molecule has 0 unspecified atom stereocenters. The molecule has 0 spiro atoms. The Morgan fingerprint density at radius 3 is 2.22 bits per heavy atom. The molecule has 1 heteroatoms. The summed E-state index contributed by atoms with van der Waals surface area (Å²) in [5, 5.41) is 0. The van der Waals surface area contributed by atoms with E-state index in [-0.39, 0.29) is 0 Å². The Kier molecular flexibility index (Phi) is 4.01. The zero-order valence-corrected chi connectivity index (χ0v) is 11.0. The maximum Gasteiger partial charge on any atom is 0.0474 e. The van der Waals surface area contributed by atoms with Crippen LogP contribution in [0.25, 0.3) is 23.3 Å². The van der Waals surface area contributed by atoms with Crippen LogP contribution in [0, 0.1) is 0 Å². The van der Waals surface area contributed by atoms with Gasteiger partial charge in [-0.1, -0.05) is 61.7 Å². The molecule has 0 bridgehead atoms. The van der Waals surface area contributed by atoms with Gasteiger partial charge in [-0.15, -0.1) is 11.6 Å². The number of rotatable bonds is 4. The first-order valence-electron chi connectivity index (χ1n) is 5.83. The minimum Gasteiger partial charge on any atom is -0.122 e. The van der Waals surface area contributed by atoms with E-state index < -0.39 is 0 Å². The fraction of sp³-hybridized carbons (Fsp3) is 0.0588. The van der Waals surface area contributed by atoms with E-state index in [2.05, 4.69) is 37.4 Å². The molecule has 0 amide bonds. The van der Waals surface area contributed by atoms with Gasteiger partial charge in [-0.05, 0) is 33.9 Å². The van der Waals surface area contributed by atoms with Crippen LogP contribution in [0.3, 0.4) is 0 Å². The zero-order chi connectivity index (χ0) is 13.0. The molecule has 0 radical (unpaired) electrons. The van der Waals surface area contributed by atoms with Crippen molar-refractivity contribution in [3.8, 4) is 11.1 Å². The van der Waals surface area contributed by atoms with E-state index in [1.807, 2.05) is 30.4 Å². The number of hydrogen-bond donors (Lipinski definition) is 0. The Balaban J connectivity index is 2.68. The van der Waals surface area contributed by atoms with Crippen LogP contribution >= 0.6 is 11.6 Å². The van der Waals surface area contributed by atoms with Gasteiger partial charge in [-0.3, -0.25) is 0 Å². The molecule has 0 aliphatic carbocycles. The summed E-state index contributed by atoms with van der Waals surface area (Å²) >= 11 is 5.91. The summed E-state index contributed by atoms with van der Waals surface area (Å²) in [6.45, 7) is 7.73. The van der Waals surface area contributed by atoms with Gasteiger partial charge in [0.2, 0.25) is 0 Å².